The van der Waals surface area contributed by atoms with E-state index in [1.807, 2.05) is 16.9 Å². The second-order valence-electron chi connectivity index (χ2n) is 3.48. The number of aryl methyl sites for hydroxylation is 1. The molecule has 0 aliphatic heterocycles. The number of nitrogens with one attached hydrogen (secondary N) is 1. The highest BCUT2D eigenvalue weighted by Crippen LogP contribution is 2.13. The van der Waals surface area contributed by atoms with Crippen LogP contribution in [0.1, 0.15) is 17.0 Å². The van der Waals surface area contributed by atoms with E-state index in [9.17, 15) is 4.79 Å². The van der Waals surface area contributed by atoms with Crippen LogP contribution in [0, 0.1) is 0 Å². The molecule has 1 N–H and O–H groups in total. The van der Waals surface area contributed by atoms with Crippen LogP contribution in [0.3, 0.4) is 0 Å². The standard InChI is InChI=1S/C11H12BrN3O2/c12-10-4-3-9(17-10)11(16)13-5-1-7-15-8-2-6-14-15/h2-4,6,8H,1,5,7H2,(H,13,16). The SMILES string of the molecule is O=C(NCCCn1cccn1)c1ccc(Br)o1. The van der Waals surface area contributed by atoms with Crippen LogP contribution < -0.4 is 5.32 Å². The highest BCUT2D eigenvalue weighted by molar-refractivity contribution is 9.10. The van der Waals surface area contributed by atoms with Gasteiger partial charge in [-0.3, -0.25) is 9.48 Å². The van der Waals surface area contributed by atoms with Crippen LogP contribution in [0.4, 0.5) is 0 Å². The van der Waals surface area contributed by atoms with E-state index < -0.39 is 0 Å². The van der Waals surface area contributed by atoms with E-state index in [4.69, 9.17) is 4.42 Å². The molecule has 0 saturated heterocycles. The number of hydrogen-bond donors (Lipinski definition) is 1. The van der Waals surface area contributed by atoms with Gasteiger partial charge in [0.25, 0.3) is 5.91 Å². The topological polar surface area (TPSA) is 60.1 Å². The van der Waals surface area contributed by atoms with Crippen molar-refractivity contribution in [1.82, 2.24) is 15.1 Å². The number of nitrogens with zero attached hydrogens (tertiary/aromatic N) is 2. The molecule has 0 atom stereocenters. The lowest BCUT2D eigenvalue weighted by Crippen LogP contribution is -2.24. The zero-order valence-electron chi connectivity index (χ0n) is 9.10. The Morgan fingerprint density at radius 1 is 1.53 bits per heavy atom. The van der Waals surface area contributed by atoms with Crippen molar-refractivity contribution in [1.29, 1.82) is 0 Å². The van der Waals surface area contributed by atoms with Gasteiger partial charge in [0.1, 0.15) is 0 Å². The number of carbonyl (C=O) groups is 1. The summed E-state index contributed by atoms with van der Waals surface area (Å²) >= 11 is 3.15. The molecule has 90 valence electrons. The number of furan rings is 1. The summed E-state index contributed by atoms with van der Waals surface area (Å²) in [6.45, 7) is 1.38. The van der Waals surface area contributed by atoms with E-state index in [-0.39, 0.29) is 5.91 Å². The molecule has 0 spiro atoms. The van der Waals surface area contributed by atoms with E-state index in [2.05, 4.69) is 26.3 Å². The lowest BCUT2D eigenvalue weighted by molar-refractivity contribution is 0.0923. The Morgan fingerprint density at radius 3 is 3.06 bits per heavy atom. The minimum absolute atomic E-state index is 0.198. The molecule has 2 aromatic rings. The third-order valence-corrected chi connectivity index (χ3v) is 2.63. The third kappa shape index (κ3) is 3.45. The molecule has 2 rings (SSSR count). The lowest BCUT2D eigenvalue weighted by Gasteiger charge is -2.03. The second-order valence-corrected chi connectivity index (χ2v) is 4.26. The van der Waals surface area contributed by atoms with Gasteiger partial charge in [-0.2, -0.15) is 5.10 Å². The van der Waals surface area contributed by atoms with E-state index in [1.165, 1.54) is 0 Å². The molecule has 0 aromatic carbocycles. The Kier molecular flexibility index (Phi) is 3.98. The predicted octanol–water partition coefficient (Wildman–Crippen LogP) is 2.06. The molecule has 0 unspecified atom stereocenters. The quantitative estimate of drug-likeness (QED) is 0.860. The third-order valence-electron chi connectivity index (χ3n) is 2.21. The Balaban J connectivity index is 1.70. The Bertz CT molecular complexity index is 479. The Labute approximate surface area is 107 Å². The molecule has 0 radical (unpaired) electrons. The number of aromatic nitrogens is 2. The normalized spacial score (nSPS) is 10.4. The first-order valence-corrected chi connectivity index (χ1v) is 6.06. The van der Waals surface area contributed by atoms with Crippen molar-refractivity contribution in [3.8, 4) is 0 Å². The molecule has 0 bridgehead atoms. The maximum atomic E-state index is 11.6. The minimum Gasteiger partial charge on any atom is -0.444 e. The Hall–Kier alpha value is -1.56. The molecule has 0 fully saturated rings. The summed E-state index contributed by atoms with van der Waals surface area (Å²) in [4.78, 5) is 11.6. The molecule has 5 nitrogen and oxygen atoms in total. The van der Waals surface area contributed by atoms with Gasteiger partial charge in [-0.25, -0.2) is 0 Å². The summed E-state index contributed by atoms with van der Waals surface area (Å²) in [7, 11) is 0. The minimum atomic E-state index is -0.198. The van der Waals surface area contributed by atoms with Crippen molar-refractivity contribution in [3.05, 3.63) is 41.0 Å². The fourth-order valence-corrected chi connectivity index (χ4v) is 1.71. The zero-order chi connectivity index (χ0) is 12.1. The van der Waals surface area contributed by atoms with E-state index >= 15 is 0 Å². The van der Waals surface area contributed by atoms with Crippen molar-refractivity contribution in [2.45, 2.75) is 13.0 Å². The van der Waals surface area contributed by atoms with Crippen molar-refractivity contribution in [3.63, 3.8) is 0 Å². The van der Waals surface area contributed by atoms with Gasteiger partial charge in [0.15, 0.2) is 10.4 Å². The first-order chi connectivity index (χ1) is 8.25. The molecule has 0 aliphatic carbocycles. The first-order valence-electron chi connectivity index (χ1n) is 5.26. The van der Waals surface area contributed by atoms with Crippen LogP contribution >= 0.6 is 15.9 Å². The molecule has 2 heterocycles. The van der Waals surface area contributed by atoms with Crippen LogP contribution in [-0.2, 0) is 6.54 Å². The number of halogens is 1. The molecule has 0 saturated carbocycles. The van der Waals surface area contributed by atoms with Crippen molar-refractivity contribution < 1.29 is 9.21 Å². The highest BCUT2D eigenvalue weighted by Gasteiger charge is 2.08. The van der Waals surface area contributed by atoms with Gasteiger partial charge in [0.05, 0.1) is 0 Å². The largest absolute Gasteiger partial charge is 0.444 e. The molecular weight excluding hydrogens is 286 g/mol. The number of carbonyl (C=O) groups excluding carboxylic acids is 1. The lowest BCUT2D eigenvalue weighted by atomic mass is 10.4. The average molecular weight is 298 g/mol. The van der Waals surface area contributed by atoms with Gasteiger partial charge in [0, 0.05) is 25.5 Å². The van der Waals surface area contributed by atoms with Crippen LogP contribution in [0.5, 0.6) is 0 Å². The molecule has 2 aromatic heterocycles. The second kappa shape index (κ2) is 5.67. The van der Waals surface area contributed by atoms with Crippen molar-refractivity contribution >= 4 is 21.8 Å². The van der Waals surface area contributed by atoms with Crippen molar-refractivity contribution in [2.24, 2.45) is 0 Å². The first kappa shape index (κ1) is 11.9. The van der Waals surface area contributed by atoms with Crippen LogP contribution in [0.25, 0.3) is 0 Å². The molecule has 1 amide bonds. The van der Waals surface area contributed by atoms with Gasteiger partial charge in [-0.15, -0.1) is 0 Å². The van der Waals surface area contributed by atoms with Gasteiger partial charge >= 0.3 is 0 Å². The van der Waals surface area contributed by atoms with E-state index in [0.717, 1.165) is 13.0 Å². The number of hydrogen-bond acceptors (Lipinski definition) is 3. The van der Waals surface area contributed by atoms with Gasteiger partial charge < -0.3 is 9.73 Å². The van der Waals surface area contributed by atoms with Crippen LogP contribution in [-0.4, -0.2) is 22.2 Å². The van der Waals surface area contributed by atoms with Crippen molar-refractivity contribution in [2.75, 3.05) is 6.54 Å². The van der Waals surface area contributed by atoms with Gasteiger partial charge in [0.2, 0.25) is 0 Å². The summed E-state index contributed by atoms with van der Waals surface area (Å²) in [5.74, 6) is 0.118. The molecule has 6 heteroatoms. The maximum Gasteiger partial charge on any atom is 0.287 e. The molecular formula is C11H12BrN3O2. The Morgan fingerprint density at radius 2 is 2.41 bits per heavy atom. The van der Waals surface area contributed by atoms with Crippen LogP contribution in [0.15, 0.2) is 39.7 Å². The fourth-order valence-electron chi connectivity index (χ4n) is 1.40. The van der Waals surface area contributed by atoms with Gasteiger partial charge in [-0.1, -0.05) is 0 Å². The summed E-state index contributed by atoms with van der Waals surface area (Å²) in [5.41, 5.74) is 0. The summed E-state index contributed by atoms with van der Waals surface area (Å²) in [6, 6.07) is 5.20. The van der Waals surface area contributed by atoms with E-state index in [0.29, 0.717) is 17.0 Å². The molecule has 0 aliphatic rings. The average Bonchev–Trinajstić information content (AvgIpc) is 2.95. The summed E-state index contributed by atoms with van der Waals surface area (Å²) < 4.78 is 7.52. The summed E-state index contributed by atoms with van der Waals surface area (Å²) in [5, 5.41) is 6.85. The molecule has 17 heavy (non-hydrogen) atoms. The highest BCUT2D eigenvalue weighted by atomic mass is 79.9. The van der Waals surface area contributed by atoms with Crippen LogP contribution in [0.2, 0.25) is 0 Å². The van der Waals surface area contributed by atoms with E-state index in [1.54, 1.807) is 18.3 Å². The zero-order valence-corrected chi connectivity index (χ0v) is 10.7. The fraction of sp³-hybridized carbons (Fsp3) is 0.273. The predicted molar refractivity (Wildman–Crippen MR) is 65.6 cm³/mol. The number of rotatable bonds is 5. The monoisotopic (exact) mass is 297 g/mol. The van der Waals surface area contributed by atoms with Gasteiger partial charge in [-0.05, 0) is 40.5 Å². The number of amides is 1. The summed E-state index contributed by atoms with van der Waals surface area (Å²) in [6.07, 6.45) is 4.46. The maximum absolute atomic E-state index is 11.6. The smallest absolute Gasteiger partial charge is 0.287 e.